The summed E-state index contributed by atoms with van der Waals surface area (Å²) >= 11 is 0. The second-order valence-corrected chi connectivity index (χ2v) is 6.38. The van der Waals surface area contributed by atoms with Gasteiger partial charge in [0.15, 0.2) is 5.82 Å². The molecule has 1 N–H and O–H groups in total. The Bertz CT molecular complexity index is 1220. The van der Waals surface area contributed by atoms with Crippen LogP contribution in [-0.4, -0.2) is 15.9 Å². The maximum Gasteiger partial charge on any atom is 0.256 e. The number of halogens is 2. The van der Waals surface area contributed by atoms with Gasteiger partial charge in [-0.2, -0.15) is 0 Å². The van der Waals surface area contributed by atoms with E-state index < -0.39 is 11.6 Å². The van der Waals surface area contributed by atoms with Crippen LogP contribution in [0.1, 0.15) is 21.7 Å². The highest BCUT2D eigenvalue weighted by atomic mass is 19.1. The first-order valence-corrected chi connectivity index (χ1v) is 8.36. The van der Waals surface area contributed by atoms with Crippen molar-refractivity contribution in [2.45, 2.75) is 13.8 Å². The summed E-state index contributed by atoms with van der Waals surface area (Å²) < 4.78 is 27.8. The molecule has 134 valence electrons. The van der Waals surface area contributed by atoms with Gasteiger partial charge in [-0.15, -0.1) is 0 Å². The summed E-state index contributed by atoms with van der Waals surface area (Å²) in [4.78, 5) is 21.5. The number of carbonyl (C=O) groups excluding carboxylic acids is 1. The number of para-hydroxylation sites is 1. The first kappa shape index (κ1) is 17.0. The van der Waals surface area contributed by atoms with Gasteiger partial charge in [-0.3, -0.25) is 9.78 Å². The third-order valence-electron chi connectivity index (χ3n) is 4.30. The number of nitrogens with one attached hydrogen (secondary N) is 1. The number of aromatic nitrogens is 2. The van der Waals surface area contributed by atoms with Gasteiger partial charge in [-0.1, -0.05) is 18.2 Å². The fraction of sp³-hybridized carbons (Fsp3) is 0.0952. The minimum atomic E-state index is -0.769. The molecular weight excluding hydrogens is 348 g/mol. The molecule has 0 radical (unpaired) electrons. The van der Waals surface area contributed by atoms with E-state index in [2.05, 4.69) is 15.3 Å². The second-order valence-electron chi connectivity index (χ2n) is 6.38. The van der Waals surface area contributed by atoms with Crippen molar-refractivity contribution >= 4 is 33.4 Å². The number of nitrogens with zero attached hydrogens (tertiary/aromatic N) is 2. The van der Waals surface area contributed by atoms with E-state index in [1.807, 2.05) is 24.3 Å². The van der Waals surface area contributed by atoms with E-state index in [-0.39, 0.29) is 16.8 Å². The highest BCUT2D eigenvalue weighted by Crippen LogP contribution is 2.28. The highest BCUT2D eigenvalue weighted by Gasteiger charge is 2.16. The molecular formula is C21H15F2N3O. The van der Waals surface area contributed by atoms with Crippen LogP contribution in [0.25, 0.3) is 21.8 Å². The molecule has 27 heavy (non-hydrogen) atoms. The molecule has 4 rings (SSSR count). The Morgan fingerprint density at radius 2 is 1.67 bits per heavy atom. The third-order valence-corrected chi connectivity index (χ3v) is 4.30. The van der Waals surface area contributed by atoms with Crippen molar-refractivity contribution in [3.8, 4) is 0 Å². The van der Waals surface area contributed by atoms with E-state index in [0.29, 0.717) is 33.5 Å². The number of rotatable bonds is 2. The van der Waals surface area contributed by atoms with Crippen molar-refractivity contribution in [3.05, 3.63) is 77.1 Å². The molecule has 2 aromatic carbocycles. The van der Waals surface area contributed by atoms with Crippen LogP contribution in [0.4, 0.5) is 14.5 Å². The predicted molar refractivity (Wildman–Crippen MR) is 101 cm³/mol. The molecule has 0 aliphatic carbocycles. The number of benzene rings is 2. The first-order valence-electron chi connectivity index (χ1n) is 8.36. The minimum absolute atomic E-state index is 0.0162. The quantitative estimate of drug-likeness (QED) is 0.549. The lowest BCUT2D eigenvalue weighted by Crippen LogP contribution is -2.14. The minimum Gasteiger partial charge on any atom is -0.321 e. The number of anilines is 1. The van der Waals surface area contributed by atoms with E-state index in [9.17, 15) is 13.6 Å². The SMILES string of the molecule is Cc1cc(C(=O)Nc2cc(C)nc3c(F)cc(F)cc23)c2ccccc2n1. The molecule has 2 aromatic heterocycles. The van der Waals surface area contributed by atoms with Gasteiger partial charge in [0, 0.05) is 28.2 Å². The van der Waals surface area contributed by atoms with Crippen molar-refractivity contribution in [1.29, 1.82) is 0 Å². The Balaban J connectivity index is 1.85. The molecule has 1 amide bonds. The van der Waals surface area contributed by atoms with E-state index in [1.165, 1.54) is 0 Å². The summed E-state index contributed by atoms with van der Waals surface area (Å²) in [6.07, 6.45) is 0. The molecule has 0 spiro atoms. The molecule has 0 fully saturated rings. The maximum atomic E-state index is 14.1. The number of hydrogen-bond acceptors (Lipinski definition) is 3. The summed E-state index contributed by atoms with van der Waals surface area (Å²) in [6.45, 7) is 3.49. The van der Waals surface area contributed by atoms with Crippen LogP contribution in [0.2, 0.25) is 0 Å². The second kappa shape index (κ2) is 6.39. The molecule has 0 saturated carbocycles. The van der Waals surface area contributed by atoms with Gasteiger partial charge >= 0.3 is 0 Å². The predicted octanol–water partition coefficient (Wildman–Crippen LogP) is 4.93. The number of hydrogen-bond donors (Lipinski definition) is 1. The van der Waals surface area contributed by atoms with Crippen LogP contribution in [0.15, 0.2) is 48.5 Å². The fourth-order valence-corrected chi connectivity index (χ4v) is 3.17. The van der Waals surface area contributed by atoms with E-state index in [0.717, 1.165) is 12.1 Å². The Labute approximate surface area is 153 Å². The summed E-state index contributed by atoms with van der Waals surface area (Å²) in [6, 6.07) is 12.5. The van der Waals surface area contributed by atoms with E-state index in [4.69, 9.17) is 0 Å². The van der Waals surface area contributed by atoms with Crippen LogP contribution in [0.3, 0.4) is 0 Å². The zero-order valence-corrected chi connectivity index (χ0v) is 14.7. The number of fused-ring (bicyclic) bond motifs is 2. The Morgan fingerprint density at radius 1 is 0.926 bits per heavy atom. The highest BCUT2D eigenvalue weighted by molar-refractivity contribution is 6.14. The topological polar surface area (TPSA) is 54.9 Å². The Kier molecular flexibility index (Phi) is 4.03. The number of amides is 1. The molecule has 4 aromatic rings. The van der Waals surface area contributed by atoms with Crippen LogP contribution in [0, 0.1) is 25.5 Å². The lowest BCUT2D eigenvalue weighted by atomic mass is 10.1. The Morgan fingerprint density at radius 3 is 2.48 bits per heavy atom. The van der Waals surface area contributed by atoms with Gasteiger partial charge in [-0.25, -0.2) is 13.8 Å². The van der Waals surface area contributed by atoms with Crippen molar-refractivity contribution in [2.75, 3.05) is 5.32 Å². The lowest BCUT2D eigenvalue weighted by Gasteiger charge is -2.12. The molecule has 0 aliphatic heterocycles. The molecule has 0 atom stereocenters. The van der Waals surface area contributed by atoms with Crippen LogP contribution >= 0.6 is 0 Å². The summed E-state index contributed by atoms with van der Waals surface area (Å²) in [7, 11) is 0. The van der Waals surface area contributed by atoms with Gasteiger partial charge in [0.05, 0.1) is 16.8 Å². The molecule has 0 aliphatic rings. The van der Waals surface area contributed by atoms with Gasteiger partial charge in [0.25, 0.3) is 5.91 Å². The van der Waals surface area contributed by atoms with Gasteiger partial charge in [0.1, 0.15) is 11.3 Å². The average Bonchev–Trinajstić information content (AvgIpc) is 2.62. The summed E-state index contributed by atoms with van der Waals surface area (Å²) in [5.41, 5.74) is 2.68. The van der Waals surface area contributed by atoms with Gasteiger partial charge in [0.2, 0.25) is 0 Å². The normalized spacial score (nSPS) is 11.1. The smallest absolute Gasteiger partial charge is 0.256 e. The van der Waals surface area contributed by atoms with Crippen molar-refractivity contribution in [3.63, 3.8) is 0 Å². The number of aryl methyl sites for hydroxylation is 2. The van der Waals surface area contributed by atoms with Gasteiger partial charge < -0.3 is 5.32 Å². The first-order chi connectivity index (χ1) is 12.9. The molecule has 6 heteroatoms. The molecule has 2 heterocycles. The zero-order chi connectivity index (χ0) is 19.1. The van der Waals surface area contributed by atoms with Crippen LogP contribution in [0.5, 0.6) is 0 Å². The van der Waals surface area contributed by atoms with Gasteiger partial charge in [-0.05, 0) is 38.1 Å². The van der Waals surface area contributed by atoms with E-state index >= 15 is 0 Å². The summed E-state index contributed by atoms with van der Waals surface area (Å²) in [5.74, 6) is -1.88. The summed E-state index contributed by atoms with van der Waals surface area (Å²) in [5, 5.41) is 3.69. The van der Waals surface area contributed by atoms with Crippen LogP contribution in [-0.2, 0) is 0 Å². The lowest BCUT2D eigenvalue weighted by molar-refractivity contribution is 0.102. The van der Waals surface area contributed by atoms with E-state index in [1.54, 1.807) is 26.0 Å². The fourth-order valence-electron chi connectivity index (χ4n) is 3.17. The number of carbonyl (C=O) groups is 1. The largest absolute Gasteiger partial charge is 0.321 e. The monoisotopic (exact) mass is 363 g/mol. The molecule has 0 bridgehead atoms. The van der Waals surface area contributed by atoms with Crippen molar-refractivity contribution in [2.24, 2.45) is 0 Å². The van der Waals surface area contributed by atoms with Crippen molar-refractivity contribution < 1.29 is 13.6 Å². The number of pyridine rings is 2. The standard InChI is InChI=1S/C21H15F2N3O/c1-11-7-15(14-5-3-4-6-18(14)24-11)21(27)26-19-8-12(2)25-20-16(19)9-13(22)10-17(20)23/h3-10H,1-2H3,(H,25,26,27). The molecule has 4 nitrogen and oxygen atoms in total. The Hall–Kier alpha value is -3.41. The maximum absolute atomic E-state index is 14.1. The third kappa shape index (κ3) is 3.10. The molecule has 0 unspecified atom stereocenters. The average molecular weight is 363 g/mol. The van der Waals surface area contributed by atoms with Crippen LogP contribution < -0.4 is 5.32 Å². The van der Waals surface area contributed by atoms with Crippen molar-refractivity contribution in [1.82, 2.24) is 9.97 Å². The molecule has 0 saturated heterocycles. The zero-order valence-electron chi connectivity index (χ0n) is 14.7.